The summed E-state index contributed by atoms with van der Waals surface area (Å²) < 4.78 is 34.1. The van der Waals surface area contributed by atoms with Crippen molar-refractivity contribution in [2.45, 2.75) is 24.1 Å². The van der Waals surface area contributed by atoms with Crippen molar-refractivity contribution in [3.63, 3.8) is 0 Å². The molecule has 0 amide bonds. The van der Waals surface area contributed by atoms with Crippen molar-refractivity contribution in [2.75, 3.05) is 6.61 Å². The molecule has 1 unspecified atom stereocenters. The van der Waals surface area contributed by atoms with Gasteiger partial charge in [-0.3, -0.25) is 4.55 Å². The highest BCUT2D eigenvalue weighted by atomic mass is 32.2. The second-order valence-corrected chi connectivity index (χ2v) is 4.16. The third-order valence-electron chi connectivity index (χ3n) is 1.70. The van der Waals surface area contributed by atoms with Crippen molar-refractivity contribution in [3.05, 3.63) is 0 Å². The van der Waals surface area contributed by atoms with Crippen LogP contribution in [0.3, 0.4) is 0 Å². The van der Waals surface area contributed by atoms with Crippen LogP contribution < -0.4 is 0 Å². The summed E-state index contributed by atoms with van der Waals surface area (Å²) in [7, 11) is -4.27. The Balaban J connectivity index is 2.67. The summed E-state index contributed by atoms with van der Waals surface area (Å²) in [5.41, 5.74) is -1.41. The molecule has 1 aliphatic rings. The topological polar surface area (TPSA) is 104 Å². The molecule has 0 saturated carbocycles. The Hall–Kier alpha value is -0.210. The lowest BCUT2D eigenvalue weighted by atomic mass is 10.2. The van der Waals surface area contributed by atoms with Gasteiger partial charge >= 0.3 is 0 Å². The summed E-state index contributed by atoms with van der Waals surface area (Å²) in [6.07, 6.45) is -2.16. The van der Waals surface area contributed by atoms with E-state index >= 15 is 0 Å². The average molecular weight is 198 g/mol. The van der Waals surface area contributed by atoms with Gasteiger partial charge in [0.25, 0.3) is 10.1 Å². The van der Waals surface area contributed by atoms with Crippen molar-refractivity contribution in [1.29, 1.82) is 0 Å². The van der Waals surface area contributed by atoms with Gasteiger partial charge in [0, 0.05) is 6.42 Å². The molecule has 0 aliphatic carbocycles. The molecule has 3 atom stereocenters. The zero-order chi connectivity index (χ0) is 9.35. The molecule has 1 rings (SSSR count). The first-order valence-corrected chi connectivity index (χ1v) is 4.86. The average Bonchev–Trinajstić information content (AvgIpc) is 2.29. The molecule has 0 spiro atoms. The normalized spacial score (nSPS) is 37.1. The summed E-state index contributed by atoms with van der Waals surface area (Å²) in [5.74, 6) is 0. The van der Waals surface area contributed by atoms with Crippen molar-refractivity contribution in [2.24, 2.45) is 0 Å². The van der Waals surface area contributed by atoms with Gasteiger partial charge in [-0.25, -0.2) is 0 Å². The second-order valence-electron chi connectivity index (χ2n) is 2.60. The molecule has 0 bridgehead atoms. The molecule has 12 heavy (non-hydrogen) atoms. The van der Waals surface area contributed by atoms with Crippen molar-refractivity contribution >= 4 is 10.1 Å². The highest BCUT2D eigenvalue weighted by Crippen LogP contribution is 2.23. The number of hydrogen-bond donors (Lipinski definition) is 3. The molecule has 0 aromatic carbocycles. The Bertz CT molecular complexity index is 247. The van der Waals surface area contributed by atoms with Crippen molar-refractivity contribution in [1.82, 2.24) is 0 Å². The molecule has 1 saturated heterocycles. The monoisotopic (exact) mass is 198 g/mol. The van der Waals surface area contributed by atoms with Crippen LogP contribution in [0.5, 0.6) is 0 Å². The van der Waals surface area contributed by atoms with E-state index in [9.17, 15) is 8.42 Å². The van der Waals surface area contributed by atoms with Crippen LogP contribution in [0.4, 0.5) is 0 Å². The van der Waals surface area contributed by atoms with Crippen LogP contribution in [-0.4, -0.2) is 47.4 Å². The standard InChI is InChI=1S/C5H10O6S/c6-2-4-3(7)1-5(11-4)12(8,9)10/h3-7H,1-2H2,(H,8,9,10)/t3-,4+,5?/m0/s1. The minimum Gasteiger partial charge on any atom is -0.394 e. The SMILES string of the molecule is O=S(=O)(O)C1C[C@H](O)[C@@H](CO)O1. The van der Waals surface area contributed by atoms with E-state index in [-0.39, 0.29) is 6.42 Å². The van der Waals surface area contributed by atoms with E-state index in [2.05, 4.69) is 4.74 Å². The van der Waals surface area contributed by atoms with Gasteiger partial charge in [0.05, 0.1) is 12.7 Å². The third-order valence-corrected chi connectivity index (χ3v) is 2.67. The number of ether oxygens (including phenoxy) is 1. The first kappa shape index (κ1) is 9.87. The number of aliphatic hydroxyl groups is 2. The molecule has 3 N–H and O–H groups in total. The fourth-order valence-corrected chi connectivity index (χ4v) is 1.77. The van der Waals surface area contributed by atoms with E-state index in [0.717, 1.165) is 0 Å². The van der Waals surface area contributed by atoms with Crippen molar-refractivity contribution in [3.8, 4) is 0 Å². The summed E-state index contributed by atoms with van der Waals surface area (Å²) in [6, 6.07) is 0. The van der Waals surface area contributed by atoms with Gasteiger partial charge in [0.1, 0.15) is 6.10 Å². The minimum absolute atomic E-state index is 0.204. The Morgan fingerprint density at radius 3 is 2.33 bits per heavy atom. The summed E-state index contributed by atoms with van der Waals surface area (Å²) in [6.45, 7) is -0.465. The van der Waals surface area contributed by atoms with Crippen LogP contribution in [0.2, 0.25) is 0 Å². The van der Waals surface area contributed by atoms with E-state index < -0.39 is 34.4 Å². The minimum atomic E-state index is -4.27. The van der Waals surface area contributed by atoms with E-state index in [1.165, 1.54) is 0 Å². The highest BCUT2D eigenvalue weighted by molar-refractivity contribution is 7.86. The van der Waals surface area contributed by atoms with Gasteiger partial charge in [-0.15, -0.1) is 0 Å². The molecular weight excluding hydrogens is 188 g/mol. The Morgan fingerprint density at radius 1 is 1.50 bits per heavy atom. The summed E-state index contributed by atoms with van der Waals surface area (Å²) in [4.78, 5) is 0. The second kappa shape index (κ2) is 3.27. The first-order chi connectivity index (χ1) is 5.45. The van der Waals surface area contributed by atoms with Crippen LogP contribution in [0.25, 0.3) is 0 Å². The lowest BCUT2D eigenvalue weighted by Crippen LogP contribution is -2.25. The van der Waals surface area contributed by atoms with Gasteiger partial charge in [-0.2, -0.15) is 8.42 Å². The maximum atomic E-state index is 10.5. The molecule has 1 heterocycles. The molecule has 0 radical (unpaired) electrons. The van der Waals surface area contributed by atoms with Gasteiger partial charge in [-0.05, 0) is 0 Å². The predicted molar refractivity (Wildman–Crippen MR) is 37.9 cm³/mol. The maximum Gasteiger partial charge on any atom is 0.292 e. The van der Waals surface area contributed by atoms with E-state index in [1.54, 1.807) is 0 Å². The number of rotatable bonds is 2. The van der Waals surface area contributed by atoms with Crippen LogP contribution >= 0.6 is 0 Å². The van der Waals surface area contributed by atoms with Crippen LogP contribution in [0.15, 0.2) is 0 Å². The molecule has 1 fully saturated rings. The highest BCUT2D eigenvalue weighted by Gasteiger charge is 2.40. The molecule has 72 valence electrons. The molecule has 7 heteroatoms. The van der Waals surface area contributed by atoms with Gasteiger partial charge in [-0.1, -0.05) is 0 Å². The largest absolute Gasteiger partial charge is 0.394 e. The quantitative estimate of drug-likeness (QED) is 0.459. The lowest BCUT2D eigenvalue weighted by molar-refractivity contribution is -0.00554. The smallest absolute Gasteiger partial charge is 0.292 e. The number of aliphatic hydroxyl groups excluding tert-OH is 2. The molecular formula is C5H10O6S. The third kappa shape index (κ3) is 1.93. The Kier molecular flexibility index (Phi) is 2.69. The first-order valence-electron chi connectivity index (χ1n) is 3.36. The van der Waals surface area contributed by atoms with Gasteiger partial charge in [0.2, 0.25) is 0 Å². The van der Waals surface area contributed by atoms with Gasteiger partial charge < -0.3 is 14.9 Å². The molecule has 1 aliphatic heterocycles. The fourth-order valence-electron chi connectivity index (χ4n) is 1.05. The summed E-state index contributed by atoms with van der Waals surface area (Å²) in [5, 5.41) is 17.6. The maximum absolute atomic E-state index is 10.5. The predicted octanol–water partition coefficient (Wildman–Crippen LogP) is -1.66. The van der Waals surface area contributed by atoms with Crippen LogP contribution in [0, 0.1) is 0 Å². The van der Waals surface area contributed by atoms with Crippen molar-refractivity contribution < 1.29 is 27.9 Å². The van der Waals surface area contributed by atoms with Gasteiger partial charge in [0.15, 0.2) is 5.44 Å². The molecule has 0 aromatic rings. The van der Waals surface area contributed by atoms with E-state index in [1.807, 2.05) is 0 Å². The van der Waals surface area contributed by atoms with E-state index in [4.69, 9.17) is 14.8 Å². The van der Waals surface area contributed by atoms with Crippen LogP contribution in [-0.2, 0) is 14.9 Å². The fraction of sp³-hybridized carbons (Fsp3) is 1.00. The molecule has 0 aromatic heterocycles. The Morgan fingerprint density at radius 2 is 2.08 bits per heavy atom. The summed E-state index contributed by atoms with van der Waals surface area (Å²) >= 11 is 0. The lowest BCUT2D eigenvalue weighted by Gasteiger charge is -2.09. The Labute approximate surface area is 69.5 Å². The molecule has 6 nitrogen and oxygen atoms in total. The zero-order valence-electron chi connectivity index (χ0n) is 6.12. The zero-order valence-corrected chi connectivity index (χ0v) is 6.94. The van der Waals surface area contributed by atoms with E-state index in [0.29, 0.717) is 0 Å². The van der Waals surface area contributed by atoms with Crippen LogP contribution in [0.1, 0.15) is 6.42 Å². The number of hydrogen-bond acceptors (Lipinski definition) is 5.